The zero-order valence-corrected chi connectivity index (χ0v) is 18.3. The highest BCUT2D eigenvalue weighted by Gasteiger charge is 2.22. The fourth-order valence-corrected chi connectivity index (χ4v) is 3.34. The van der Waals surface area contributed by atoms with Crippen LogP contribution in [0.4, 0.5) is 5.69 Å². The van der Waals surface area contributed by atoms with Crippen LogP contribution in [-0.2, 0) is 9.53 Å². The van der Waals surface area contributed by atoms with Gasteiger partial charge in [0.1, 0.15) is 5.58 Å². The highest BCUT2D eigenvalue weighted by atomic mass is 16.5. The maximum atomic E-state index is 13.2. The molecule has 8 nitrogen and oxygen atoms in total. The van der Waals surface area contributed by atoms with Gasteiger partial charge in [0.05, 0.1) is 30.0 Å². The number of nitrogens with one attached hydrogen (secondary N) is 1. The van der Waals surface area contributed by atoms with Crippen LogP contribution < -0.4 is 15.5 Å². The summed E-state index contributed by atoms with van der Waals surface area (Å²) in [4.78, 5) is 37.7. The third kappa shape index (κ3) is 4.36. The molecular formula is C25H21NO7. The number of carbonyl (C=O) groups excluding carboxylic acids is 2. The van der Waals surface area contributed by atoms with Crippen molar-refractivity contribution >= 4 is 28.5 Å². The van der Waals surface area contributed by atoms with Gasteiger partial charge in [0.2, 0.25) is 16.9 Å². The molecule has 0 saturated heterocycles. The summed E-state index contributed by atoms with van der Waals surface area (Å²) in [6.45, 7) is 3.31. The van der Waals surface area contributed by atoms with Gasteiger partial charge in [0.15, 0.2) is 12.4 Å². The lowest BCUT2D eigenvalue weighted by atomic mass is 10.1. The van der Waals surface area contributed by atoms with E-state index in [1.807, 2.05) is 13.8 Å². The molecule has 0 unspecified atom stereocenters. The van der Waals surface area contributed by atoms with E-state index in [4.69, 9.17) is 18.3 Å². The van der Waals surface area contributed by atoms with E-state index in [9.17, 15) is 14.4 Å². The van der Waals surface area contributed by atoms with Crippen LogP contribution in [-0.4, -0.2) is 25.6 Å². The number of anilines is 1. The van der Waals surface area contributed by atoms with Gasteiger partial charge in [-0.25, -0.2) is 4.79 Å². The van der Waals surface area contributed by atoms with Crippen molar-refractivity contribution < 1.29 is 27.9 Å². The van der Waals surface area contributed by atoms with Gasteiger partial charge >= 0.3 is 5.97 Å². The van der Waals surface area contributed by atoms with Crippen molar-refractivity contribution in [2.75, 3.05) is 19.0 Å². The quantitative estimate of drug-likeness (QED) is 0.434. The molecule has 4 aromatic rings. The molecule has 1 N–H and O–H groups in total. The minimum absolute atomic E-state index is 0.0866. The molecule has 0 radical (unpaired) electrons. The van der Waals surface area contributed by atoms with Crippen LogP contribution >= 0.6 is 0 Å². The number of rotatable bonds is 6. The Balaban J connectivity index is 1.66. The third-order valence-corrected chi connectivity index (χ3v) is 5.16. The molecule has 0 aliphatic rings. The maximum Gasteiger partial charge on any atom is 0.339 e. The highest BCUT2D eigenvalue weighted by Crippen LogP contribution is 2.32. The molecule has 33 heavy (non-hydrogen) atoms. The van der Waals surface area contributed by atoms with Crippen LogP contribution in [0.2, 0.25) is 0 Å². The van der Waals surface area contributed by atoms with Gasteiger partial charge in [-0.1, -0.05) is 12.1 Å². The van der Waals surface area contributed by atoms with Gasteiger partial charge in [-0.05, 0) is 61.4 Å². The molecule has 1 amide bonds. The Hall–Kier alpha value is -4.33. The molecule has 0 aliphatic carbocycles. The number of aryl methyl sites for hydroxylation is 2. The molecule has 0 spiro atoms. The fourth-order valence-electron chi connectivity index (χ4n) is 3.34. The Morgan fingerprint density at radius 2 is 1.79 bits per heavy atom. The average Bonchev–Trinajstić information content (AvgIpc) is 3.34. The second kappa shape index (κ2) is 9.04. The maximum absolute atomic E-state index is 13.2. The largest absolute Gasteiger partial charge is 0.476 e. The molecule has 0 bridgehead atoms. The van der Waals surface area contributed by atoms with E-state index in [2.05, 4.69) is 5.32 Å². The Morgan fingerprint density at radius 1 is 1.03 bits per heavy atom. The van der Waals surface area contributed by atoms with E-state index in [1.54, 1.807) is 42.5 Å². The monoisotopic (exact) mass is 447 g/mol. The normalized spacial score (nSPS) is 10.8. The van der Waals surface area contributed by atoms with E-state index < -0.39 is 23.9 Å². The summed E-state index contributed by atoms with van der Waals surface area (Å²) in [5.41, 5.74) is 2.31. The summed E-state index contributed by atoms with van der Waals surface area (Å²) in [5.74, 6) is -0.927. The fraction of sp³-hybridized carbons (Fsp3) is 0.160. The van der Waals surface area contributed by atoms with Gasteiger partial charge in [-0.2, -0.15) is 0 Å². The van der Waals surface area contributed by atoms with Crippen molar-refractivity contribution in [3.63, 3.8) is 0 Å². The summed E-state index contributed by atoms with van der Waals surface area (Å²) in [7, 11) is 1.25. The first-order valence-electron chi connectivity index (χ1n) is 10.1. The molecule has 2 aromatic carbocycles. The number of methoxy groups -OCH3 is 1. The molecular weight excluding hydrogens is 426 g/mol. The second-order valence-electron chi connectivity index (χ2n) is 7.37. The first kappa shape index (κ1) is 21.9. The van der Waals surface area contributed by atoms with E-state index in [1.165, 1.54) is 19.4 Å². The van der Waals surface area contributed by atoms with Crippen molar-refractivity contribution in [3.8, 4) is 17.3 Å². The Bertz CT molecular complexity index is 1400. The number of fused-ring (bicyclic) bond motifs is 1. The minimum atomic E-state index is -0.590. The van der Waals surface area contributed by atoms with Crippen LogP contribution in [0.15, 0.2) is 68.4 Å². The summed E-state index contributed by atoms with van der Waals surface area (Å²) in [5, 5.41) is 2.94. The number of para-hydroxylation sites is 1. The number of hydrogen-bond acceptors (Lipinski definition) is 7. The molecule has 8 heteroatoms. The number of esters is 1. The lowest BCUT2D eigenvalue weighted by Crippen LogP contribution is -2.23. The lowest BCUT2D eigenvalue weighted by molar-refractivity contribution is -0.118. The molecule has 168 valence electrons. The number of ether oxygens (including phenoxy) is 2. The summed E-state index contributed by atoms with van der Waals surface area (Å²) < 4.78 is 21.7. The molecule has 0 fully saturated rings. The van der Waals surface area contributed by atoms with Crippen molar-refractivity contribution in [2.45, 2.75) is 13.8 Å². The Labute approximate surface area is 188 Å². The van der Waals surface area contributed by atoms with Gasteiger partial charge in [-0.3, -0.25) is 9.59 Å². The number of furan rings is 1. The molecule has 0 atom stereocenters. The van der Waals surface area contributed by atoms with E-state index in [0.717, 1.165) is 11.1 Å². The molecule has 0 aliphatic heterocycles. The minimum Gasteiger partial charge on any atom is -0.476 e. The predicted octanol–water partition coefficient (Wildman–Crippen LogP) is 4.47. The Kier molecular flexibility index (Phi) is 5.99. The molecule has 0 saturated carbocycles. The van der Waals surface area contributed by atoms with Crippen LogP contribution in [0.25, 0.3) is 22.5 Å². The first-order chi connectivity index (χ1) is 15.9. The summed E-state index contributed by atoms with van der Waals surface area (Å²) in [6, 6.07) is 13.2. The number of benzene rings is 2. The van der Waals surface area contributed by atoms with Crippen molar-refractivity contribution in [3.05, 3.63) is 81.7 Å². The standard InChI is InChI=1S/C25H21NO7/c1-14-11-17-20(12-15(14)2)33-23(19-9-6-10-31-19)24(22(17)28)32-13-21(27)26-18-8-5-4-7-16(18)25(29)30-3/h4-12H,13H2,1-3H3,(H,26,27). The third-order valence-electron chi connectivity index (χ3n) is 5.16. The summed E-state index contributed by atoms with van der Waals surface area (Å²) >= 11 is 0. The highest BCUT2D eigenvalue weighted by molar-refractivity contribution is 6.01. The first-order valence-corrected chi connectivity index (χ1v) is 10.1. The lowest BCUT2D eigenvalue weighted by Gasteiger charge is -2.12. The van der Waals surface area contributed by atoms with Crippen LogP contribution in [0, 0.1) is 13.8 Å². The molecule has 2 heterocycles. The van der Waals surface area contributed by atoms with Crippen molar-refractivity contribution in [1.29, 1.82) is 0 Å². The van der Waals surface area contributed by atoms with E-state index in [0.29, 0.717) is 16.7 Å². The van der Waals surface area contributed by atoms with Crippen molar-refractivity contribution in [2.24, 2.45) is 0 Å². The molecule has 2 aromatic heterocycles. The zero-order valence-electron chi connectivity index (χ0n) is 18.3. The smallest absolute Gasteiger partial charge is 0.339 e. The molecule has 4 rings (SSSR count). The van der Waals surface area contributed by atoms with Crippen LogP contribution in [0.1, 0.15) is 21.5 Å². The van der Waals surface area contributed by atoms with Crippen LogP contribution in [0.3, 0.4) is 0 Å². The van der Waals surface area contributed by atoms with Gasteiger partial charge in [0, 0.05) is 0 Å². The van der Waals surface area contributed by atoms with Gasteiger partial charge in [0.25, 0.3) is 5.91 Å². The predicted molar refractivity (Wildman–Crippen MR) is 122 cm³/mol. The number of amides is 1. The second-order valence-corrected chi connectivity index (χ2v) is 7.37. The zero-order chi connectivity index (χ0) is 23.5. The van der Waals surface area contributed by atoms with E-state index in [-0.39, 0.29) is 22.8 Å². The van der Waals surface area contributed by atoms with Gasteiger partial charge < -0.3 is 23.6 Å². The topological polar surface area (TPSA) is 108 Å². The Morgan fingerprint density at radius 3 is 2.52 bits per heavy atom. The van der Waals surface area contributed by atoms with Crippen molar-refractivity contribution in [1.82, 2.24) is 0 Å². The average molecular weight is 447 g/mol. The van der Waals surface area contributed by atoms with Gasteiger partial charge in [-0.15, -0.1) is 0 Å². The van der Waals surface area contributed by atoms with E-state index >= 15 is 0 Å². The summed E-state index contributed by atoms with van der Waals surface area (Å²) in [6.07, 6.45) is 1.44. The number of hydrogen-bond donors (Lipinski definition) is 1. The SMILES string of the molecule is COC(=O)c1ccccc1NC(=O)COc1c(-c2ccco2)oc2cc(C)c(C)cc2c1=O. The number of carbonyl (C=O) groups is 2. The van der Waals surface area contributed by atoms with Crippen LogP contribution in [0.5, 0.6) is 5.75 Å².